The molecule has 0 heterocycles. The van der Waals surface area contributed by atoms with Crippen molar-refractivity contribution in [3.05, 3.63) is 29.1 Å². The van der Waals surface area contributed by atoms with Crippen LogP contribution in [-0.2, 0) is 10.0 Å². The fourth-order valence-electron chi connectivity index (χ4n) is 1.54. The summed E-state index contributed by atoms with van der Waals surface area (Å²) in [5, 5.41) is 8.85. The molecule has 0 unspecified atom stereocenters. The molecule has 0 spiro atoms. The minimum Gasteiger partial charge on any atom is -0.478 e. The fraction of sp³-hybridized carbons (Fsp3) is 0.417. The lowest BCUT2D eigenvalue weighted by atomic mass is 10.1. The summed E-state index contributed by atoms with van der Waals surface area (Å²) in [6, 6.07) is 1.76. The van der Waals surface area contributed by atoms with Gasteiger partial charge in [0.25, 0.3) is 0 Å². The van der Waals surface area contributed by atoms with Crippen molar-refractivity contribution in [3.63, 3.8) is 0 Å². The minimum atomic E-state index is -3.95. The normalized spacial score (nSPS) is 11.8. The van der Waals surface area contributed by atoms with E-state index in [-0.39, 0.29) is 17.0 Å². The van der Waals surface area contributed by atoms with Crippen molar-refractivity contribution in [2.75, 3.05) is 27.2 Å². The second-order valence-electron chi connectivity index (χ2n) is 4.59. The molecule has 0 aliphatic heterocycles. The molecule has 0 aromatic heterocycles. The van der Waals surface area contributed by atoms with Gasteiger partial charge >= 0.3 is 5.97 Å². The standard InChI is InChI=1S/C12H17FN2O4S/c1-8-10(13)6-9(12(16)17)7-11(8)20(18,19)14-4-5-15(2)3/h6-7,14H,4-5H2,1-3H3,(H,16,17). The molecule has 1 aromatic carbocycles. The number of sulfonamides is 1. The lowest BCUT2D eigenvalue weighted by Gasteiger charge is -2.13. The zero-order valence-corrected chi connectivity index (χ0v) is 12.3. The van der Waals surface area contributed by atoms with Crippen LogP contribution in [0.2, 0.25) is 0 Å². The fourth-order valence-corrected chi connectivity index (χ4v) is 2.84. The molecule has 112 valence electrons. The third-order valence-corrected chi connectivity index (χ3v) is 4.27. The Bertz CT molecular complexity index is 614. The maximum atomic E-state index is 13.6. The summed E-state index contributed by atoms with van der Waals surface area (Å²) < 4.78 is 40.1. The molecule has 2 N–H and O–H groups in total. The summed E-state index contributed by atoms with van der Waals surface area (Å²) in [5.74, 6) is -2.24. The second kappa shape index (κ2) is 6.29. The molecule has 0 saturated heterocycles. The summed E-state index contributed by atoms with van der Waals surface area (Å²) in [5.41, 5.74) is -0.506. The minimum absolute atomic E-state index is 0.104. The highest BCUT2D eigenvalue weighted by molar-refractivity contribution is 7.89. The summed E-state index contributed by atoms with van der Waals surface area (Å²) in [6.45, 7) is 1.91. The van der Waals surface area contributed by atoms with E-state index in [0.29, 0.717) is 6.54 Å². The molecule has 20 heavy (non-hydrogen) atoms. The Morgan fingerprint density at radius 1 is 1.40 bits per heavy atom. The molecular weight excluding hydrogens is 287 g/mol. The number of nitrogens with one attached hydrogen (secondary N) is 1. The van der Waals surface area contributed by atoms with E-state index in [1.54, 1.807) is 19.0 Å². The number of benzene rings is 1. The highest BCUT2D eigenvalue weighted by Gasteiger charge is 2.21. The topological polar surface area (TPSA) is 86.7 Å². The third kappa shape index (κ3) is 3.99. The first kappa shape index (κ1) is 16.5. The summed E-state index contributed by atoms with van der Waals surface area (Å²) in [7, 11) is -0.381. The average molecular weight is 304 g/mol. The highest BCUT2D eigenvalue weighted by atomic mass is 32.2. The maximum absolute atomic E-state index is 13.6. The summed E-state index contributed by atoms with van der Waals surface area (Å²) in [4.78, 5) is 12.3. The molecule has 0 aliphatic rings. The molecule has 0 saturated carbocycles. The van der Waals surface area contributed by atoms with Gasteiger partial charge in [-0.3, -0.25) is 0 Å². The van der Waals surface area contributed by atoms with Gasteiger partial charge in [-0.05, 0) is 33.2 Å². The molecule has 0 amide bonds. The first-order chi connectivity index (χ1) is 9.15. The van der Waals surface area contributed by atoms with Crippen molar-refractivity contribution in [1.82, 2.24) is 9.62 Å². The SMILES string of the molecule is Cc1c(F)cc(C(=O)O)cc1S(=O)(=O)NCCN(C)C. The predicted molar refractivity (Wildman–Crippen MR) is 71.8 cm³/mol. The van der Waals surface area contributed by atoms with Crippen LogP contribution in [0.25, 0.3) is 0 Å². The number of carboxylic acids is 1. The molecule has 0 atom stereocenters. The molecule has 1 rings (SSSR count). The van der Waals surface area contributed by atoms with Gasteiger partial charge < -0.3 is 10.0 Å². The number of carboxylic acid groups (broad SMARTS) is 1. The van der Waals surface area contributed by atoms with Crippen LogP contribution in [0.5, 0.6) is 0 Å². The number of carbonyl (C=O) groups is 1. The number of nitrogens with zero attached hydrogens (tertiary/aromatic N) is 1. The largest absolute Gasteiger partial charge is 0.478 e. The molecule has 0 aliphatic carbocycles. The maximum Gasteiger partial charge on any atom is 0.335 e. The summed E-state index contributed by atoms with van der Waals surface area (Å²) in [6.07, 6.45) is 0. The van der Waals surface area contributed by atoms with Crippen molar-refractivity contribution < 1.29 is 22.7 Å². The molecule has 0 fully saturated rings. The van der Waals surface area contributed by atoms with Gasteiger partial charge in [0.1, 0.15) is 5.82 Å². The first-order valence-electron chi connectivity index (χ1n) is 5.83. The Labute approximate surface area is 117 Å². The van der Waals surface area contributed by atoms with Crippen molar-refractivity contribution in [3.8, 4) is 0 Å². The van der Waals surface area contributed by atoms with Crippen LogP contribution in [0, 0.1) is 12.7 Å². The predicted octanol–water partition coefficient (Wildman–Crippen LogP) is 0.672. The van der Waals surface area contributed by atoms with Gasteiger partial charge in [0.2, 0.25) is 10.0 Å². The number of hydrogen-bond donors (Lipinski definition) is 2. The Hall–Kier alpha value is -1.51. The van der Waals surface area contributed by atoms with Crippen LogP contribution in [0.3, 0.4) is 0 Å². The van der Waals surface area contributed by atoms with Crippen molar-refractivity contribution in [2.45, 2.75) is 11.8 Å². The Balaban J connectivity index is 3.14. The van der Waals surface area contributed by atoms with Crippen molar-refractivity contribution in [1.29, 1.82) is 0 Å². The van der Waals surface area contributed by atoms with Crippen LogP contribution >= 0.6 is 0 Å². The molecule has 6 nitrogen and oxygen atoms in total. The van der Waals surface area contributed by atoms with Crippen LogP contribution in [0.1, 0.15) is 15.9 Å². The second-order valence-corrected chi connectivity index (χ2v) is 6.32. The van der Waals surface area contributed by atoms with E-state index in [1.165, 1.54) is 6.92 Å². The van der Waals surface area contributed by atoms with Gasteiger partial charge in [0.15, 0.2) is 0 Å². The highest BCUT2D eigenvalue weighted by Crippen LogP contribution is 2.20. The quantitative estimate of drug-likeness (QED) is 0.807. The monoisotopic (exact) mass is 304 g/mol. The Morgan fingerprint density at radius 2 is 2.00 bits per heavy atom. The van der Waals surface area contributed by atoms with Crippen LogP contribution < -0.4 is 4.72 Å². The zero-order valence-electron chi connectivity index (χ0n) is 11.5. The Morgan fingerprint density at radius 3 is 2.50 bits per heavy atom. The number of hydrogen-bond acceptors (Lipinski definition) is 4. The van der Waals surface area contributed by atoms with Crippen LogP contribution in [0.15, 0.2) is 17.0 Å². The molecule has 8 heteroatoms. The van der Waals surface area contributed by atoms with Gasteiger partial charge in [-0.2, -0.15) is 0 Å². The van der Waals surface area contributed by atoms with Crippen LogP contribution in [0.4, 0.5) is 4.39 Å². The zero-order chi connectivity index (χ0) is 15.5. The van der Waals surface area contributed by atoms with Crippen molar-refractivity contribution in [2.24, 2.45) is 0 Å². The van der Waals surface area contributed by atoms with Crippen molar-refractivity contribution >= 4 is 16.0 Å². The van der Waals surface area contributed by atoms with E-state index in [9.17, 15) is 17.6 Å². The van der Waals surface area contributed by atoms with Gasteiger partial charge in [-0.25, -0.2) is 22.3 Å². The number of rotatable bonds is 6. The van der Waals surface area contributed by atoms with Gasteiger partial charge in [-0.15, -0.1) is 0 Å². The van der Waals surface area contributed by atoms with E-state index in [2.05, 4.69) is 4.72 Å². The molecule has 1 aromatic rings. The van der Waals surface area contributed by atoms with Crippen LogP contribution in [-0.4, -0.2) is 51.6 Å². The smallest absolute Gasteiger partial charge is 0.335 e. The number of likely N-dealkylation sites (N-methyl/N-ethyl adjacent to an activating group) is 1. The summed E-state index contributed by atoms with van der Waals surface area (Å²) >= 11 is 0. The van der Waals surface area contributed by atoms with Gasteiger partial charge in [0.05, 0.1) is 10.5 Å². The third-order valence-electron chi connectivity index (χ3n) is 2.68. The lowest BCUT2D eigenvalue weighted by molar-refractivity contribution is 0.0696. The van der Waals surface area contributed by atoms with E-state index in [0.717, 1.165) is 12.1 Å². The molecule has 0 bridgehead atoms. The van der Waals surface area contributed by atoms with E-state index < -0.39 is 27.4 Å². The van der Waals surface area contributed by atoms with Gasteiger partial charge in [-0.1, -0.05) is 0 Å². The lowest BCUT2D eigenvalue weighted by Crippen LogP contribution is -2.32. The average Bonchev–Trinajstić information content (AvgIpc) is 2.31. The molecular formula is C12H17FN2O4S. The Kier molecular flexibility index (Phi) is 5.21. The van der Waals surface area contributed by atoms with E-state index >= 15 is 0 Å². The van der Waals surface area contributed by atoms with E-state index in [4.69, 9.17) is 5.11 Å². The number of aromatic carboxylic acids is 1. The first-order valence-corrected chi connectivity index (χ1v) is 7.31. The number of halogens is 1. The molecule has 0 radical (unpaired) electrons. The van der Waals surface area contributed by atoms with Gasteiger partial charge in [0, 0.05) is 18.7 Å². The van der Waals surface area contributed by atoms with E-state index in [1.807, 2.05) is 0 Å².